The molecule has 1 aliphatic carbocycles. The molecule has 120 valence electrons. The van der Waals surface area contributed by atoms with Crippen molar-refractivity contribution < 1.29 is 4.84 Å². The van der Waals surface area contributed by atoms with Gasteiger partial charge in [-0.2, -0.15) is 0 Å². The van der Waals surface area contributed by atoms with Crippen molar-refractivity contribution in [3.63, 3.8) is 0 Å². The average Bonchev–Trinajstić information content (AvgIpc) is 2.99. The fourth-order valence-electron chi connectivity index (χ4n) is 3.80. The number of nitrogens with zero attached hydrogens (tertiary/aromatic N) is 1. The van der Waals surface area contributed by atoms with E-state index in [0.717, 1.165) is 6.42 Å². The quantitative estimate of drug-likeness (QED) is 0.480. The first kappa shape index (κ1) is 15.0. The standard InChI is InChI=1S/C22H21NO/c1-15-19(16-9-5-4-6-10-16)14-20-18-12-8-7-11-17(18)13-21(20)22(15)23(2)24-3/h4-12,14H,13H2,1-3H3. The van der Waals surface area contributed by atoms with Gasteiger partial charge in [0, 0.05) is 13.5 Å². The summed E-state index contributed by atoms with van der Waals surface area (Å²) in [7, 11) is 3.71. The Hall–Kier alpha value is -2.58. The molecule has 4 rings (SSSR count). The highest BCUT2D eigenvalue weighted by molar-refractivity contribution is 5.89. The van der Waals surface area contributed by atoms with Crippen molar-refractivity contribution in [2.75, 3.05) is 19.2 Å². The highest BCUT2D eigenvalue weighted by atomic mass is 16.7. The summed E-state index contributed by atoms with van der Waals surface area (Å²) in [5.41, 5.74) is 10.4. The predicted molar refractivity (Wildman–Crippen MR) is 100 cm³/mol. The Bertz CT molecular complexity index is 899. The zero-order chi connectivity index (χ0) is 16.7. The van der Waals surface area contributed by atoms with E-state index in [-0.39, 0.29) is 0 Å². The molecule has 0 bridgehead atoms. The summed E-state index contributed by atoms with van der Waals surface area (Å²) < 4.78 is 0. The van der Waals surface area contributed by atoms with Gasteiger partial charge in [0.15, 0.2) is 0 Å². The largest absolute Gasteiger partial charge is 0.277 e. The van der Waals surface area contributed by atoms with E-state index < -0.39 is 0 Å². The summed E-state index contributed by atoms with van der Waals surface area (Å²) in [4.78, 5) is 5.57. The first-order chi connectivity index (χ1) is 11.7. The van der Waals surface area contributed by atoms with E-state index in [1.807, 2.05) is 12.1 Å². The molecule has 0 aromatic heterocycles. The van der Waals surface area contributed by atoms with Crippen LogP contribution in [-0.4, -0.2) is 14.2 Å². The van der Waals surface area contributed by atoms with E-state index in [1.165, 1.54) is 44.6 Å². The van der Waals surface area contributed by atoms with Gasteiger partial charge in [0.25, 0.3) is 0 Å². The van der Waals surface area contributed by atoms with Gasteiger partial charge in [0.05, 0.1) is 12.8 Å². The molecule has 0 fully saturated rings. The van der Waals surface area contributed by atoms with Crippen LogP contribution in [0.15, 0.2) is 60.7 Å². The van der Waals surface area contributed by atoms with Gasteiger partial charge in [0.2, 0.25) is 0 Å². The molecule has 24 heavy (non-hydrogen) atoms. The van der Waals surface area contributed by atoms with Crippen LogP contribution in [0.25, 0.3) is 22.3 Å². The zero-order valence-electron chi connectivity index (χ0n) is 14.3. The lowest BCUT2D eigenvalue weighted by atomic mass is 9.92. The smallest absolute Gasteiger partial charge is 0.0710 e. The van der Waals surface area contributed by atoms with E-state index in [0.29, 0.717) is 0 Å². The Balaban J connectivity index is 2.02. The van der Waals surface area contributed by atoms with E-state index in [1.54, 1.807) is 7.11 Å². The monoisotopic (exact) mass is 315 g/mol. The summed E-state index contributed by atoms with van der Waals surface area (Å²) in [6.07, 6.45) is 0.963. The molecule has 0 atom stereocenters. The molecule has 0 N–H and O–H groups in total. The molecule has 1 aliphatic rings. The van der Waals surface area contributed by atoms with Gasteiger partial charge in [-0.1, -0.05) is 54.6 Å². The molecule has 0 amide bonds. The van der Waals surface area contributed by atoms with Crippen molar-refractivity contribution in [3.05, 3.63) is 77.4 Å². The number of hydroxylamine groups is 1. The van der Waals surface area contributed by atoms with Crippen LogP contribution in [0.3, 0.4) is 0 Å². The zero-order valence-corrected chi connectivity index (χ0v) is 14.3. The second-order valence-corrected chi connectivity index (χ2v) is 6.30. The maximum absolute atomic E-state index is 5.57. The molecule has 0 aliphatic heterocycles. The highest BCUT2D eigenvalue weighted by Gasteiger charge is 2.26. The molecule has 0 heterocycles. The molecular formula is C22H21NO. The van der Waals surface area contributed by atoms with Crippen LogP contribution in [0.2, 0.25) is 0 Å². The van der Waals surface area contributed by atoms with Crippen molar-refractivity contribution >= 4 is 5.69 Å². The lowest BCUT2D eigenvalue weighted by Crippen LogP contribution is -2.18. The van der Waals surface area contributed by atoms with Crippen molar-refractivity contribution in [1.82, 2.24) is 0 Å². The van der Waals surface area contributed by atoms with Crippen molar-refractivity contribution in [1.29, 1.82) is 0 Å². The van der Waals surface area contributed by atoms with E-state index in [4.69, 9.17) is 4.84 Å². The minimum absolute atomic E-state index is 0.963. The Morgan fingerprint density at radius 3 is 2.33 bits per heavy atom. The Morgan fingerprint density at radius 1 is 0.875 bits per heavy atom. The van der Waals surface area contributed by atoms with Crippen LogP contribution in [0, 0.1) is 6.92 Å². The molecule has 3 aromatic rings. The maximum atomic E-state index is 5.57. The van der Waals surface area contributed by atoms with Crippen LogP contribution in [0.4, 0.5) is 5.69 Å². The molecule has 3 aromatic carbocycles. The number of anilines is 1. The molecule has 0 saturated carbocycles. The van der Waals surface area contributed by atoms with Crippen LogP contribution in [0.5, 0.6) is 0 Å². The van der Waals surface area contributed by atoms with Gasteiger partial charge in [-0.3, -0.25) is 9.90 Å². The summed E-state index contributed by atoms with van der Waals surface area (Å²) in [5.74, 6) is 0. The van der Waals surface area contributed by atoms with Crippen LogP contribution in [0.1, 0.15) is 16.7 Å². The van der Waals surface area contributed by atoms with Crippen LogP contribution < -0.4 is 5.06 Å². The van der Waals surface area contributed by atoms with Gasteiger partial charge in [0.1, 0.15) is 0 Å². The second-order valence-electron chi connectivity index (χ2n) is 6.30. The fraction of sp³-hybridized carbons (Fsp3) is 0.182. The summed E-state index contributed by atoms with van der Waals surface area (Å²) in [5, 5.41) is 1.90. The molecular weight excluding hydrogens is 294 g/mol. The van der Waals surface area contributed by atoms with E-state index in [2.05, 4.69) is 67.6 Å². The minimum atomic E-state index is 0.963. The van der Waals surface area contributed by atoms with Crippen molar-refractivity contribution in [2.45, 2.75) is 13.3 Å². The maximum Gasteiger partial charge on any atom is 0.0710 e. The number of fused-ring (bicyclic) bond motifs is 3. The lowest BCUT2D eigenvalue weighted by molar-refractivity contribution is 0.184. The lowest BCUT2D eigenvalue weighted by Gasteiger charge is -2.24. The highest BCUT2D eigenvalue weighted by Crippen LogP contribution is 2.46. The van der Waals surface area contributed by atoms with Crippen molar-refractivity contribution in [2.24, 2.45) is 0 Å². The predicted octanol–water partition coefficient (Wildman–Crippen LogP) is 5.23. The molecule has 2 nitrogen and oxygen atoms in total. The molecule has 0 saturated heterocycles. The first-order valence-corrected chi connectivity index (χ1v) is 8.28. The van der Waals surface area contributed by atoms with Gasteiger partial charge in [-0.05, 0) is 51.9 Å². The second kappa shape index (κ2) is 5.81. The number of rotatable bonds is 3. The third kappa shape index (κ3) is 2.22. The van der Waals surface area contributed by atoms with Crippen molar-refractivity contribution in [3.8, 4) is 22.3 Å². The van der Waals surface area contributed by atoms with Gasteiger partial charge in [-0.15, -0.1) is 0 Å². The molecule has 0 unspecified atom stereocenters. The number of hydrogen-bond acceptors (Lipinski definition) is 2. The SMILES string of the molecule is CON(C)c1c(C)c(-c2ccccc2)cc2c1Cc1ccccc1-2. The third-order valence-electron chi connectivity index (χ3n) is 5.01. The average molecular weight is 315 g/mol. The number of hydrogen-bond donors (Lipinski definition) is 0. The summed E-state index contributed by atoms with van der Waals surface area (Å²) >= 11 is 0. The number of benzene rings is 3. The fourth-order valence-corrected chi connectivity index (χ4v) is 3.80. The van der Waals surface area contributed by atoms with E-state index >= 15 is 0 Å². The van der Waals surface area contributed by atoms with Gasteiger partial charge < -0.3 is 0 Å². The van der Waals surface area contributed by atoms with Gasteiger partial charge >= 0.3 is 0 Å². The Labute approximate surface area is 143 Å². The van der Waals surface area contributed by atoms with Crippen LogP contribution in [-0.2, 0) is 11.3 Å². The molecule has 2 heteroatoms. The first-order valence-electron chi connectivity index (χ1n) is 8.28. The molecule has 0 radical (unpaired) electrons. The summed E-state index contributed by atoms with van der Waals surface area (Å²) in [6, 6.07) is 21.6. The van der Waals surface area contributed by atoms with Crippen LogP contribution >= 0.6 is 0 Å². The van der Waals surface area contributed by atoms with Gasteiger partial charge in [-0.25, -0.2) is 0 Å². The summed E-state index contributed by atoms with van der Waals surface area (Å²) in [6.45, 7) is 2.19. The normalized spacial score (nSPS) is 12.0. The Kier molecular flexibility index (Phi) is 3.62. The topological polar surface area (TPSA) is 12.5 Å². The minimum Gasteiger partial charge on any atom is -0.277 e. The Morgan fingerprint density at radius 2 is 1.58 bits per heavy atom. The molecule has 0 spiro atoms. The third-order valence-corrected chi connectivity index (χ3v) is 5.01. The van der Waals surface area contributed by atoms with E-state index in [9.17, 15) is 0 Å².